The number of carbonyl (C=O) groups is 2. The molecule has 2 aromatic carbocycles. The maximum absolute atomic E-state index is 14.7. The first-order valence-electron chi connectivity index (χ1n) is 10.9. The fourth-order valence-corrected chi connectivity index (χ4v) is 3.74. The van der Waals surface area contributed by atoms with Gasteiger partial charge in [-0.1, -0.05) is 6.07 Å². The van der Waals surface area contributed by atoms with E-state index < -0.39 is 11.8 Å². The number of hydrogen-bond acceptors (Lipinski definition) is 6. The Morgan fingerprint density at radius 1 is 1.09 bits per heavy atom. The van der Waals surface area contributed by atoms with Crippen molar-refractivity contribution in [2.24, 2.45) is 0 Å². The van der Waals surface area contributed by atoms with Gasteiger partial charge in [0.2, 0.25) is 0 Å². The largest absolute Gasteiger partial charge is 0.457 e. The Kier molecular flexibility index (Phi) is 6.08. The highest BCUT2D eigenvalue weighted by Gasteiger charge is 2.20. The van der Waals surface area contributed by atoms with E-state index in [2.05, 4.69) is 25.8 Å². The summed E-state index contributed by atoms with van der Waals surface area (Å²) in [6.45, 7) is 1.01. The molecule has 3 N–H and O–H groups in total. The second kappa shape index (κ2) is 9.64. The van der Waals surface area contributed by atoms with Gasteiger partial charge >= 0.3 is 6.03 Å². The average Bonchev–Trinajstić information content (AvgIpc) is 3.54. The lowest BCUT2D eigenvalue weighted by atomic mass is 10.2. The third-order valence-corrected chi connectivity index (χ3v) is 5.45. The molecule has 1 aliphatic rings. The van der Waals surface area contributed by atoms with Gasteiger partial charge in [-0.05, 0) is 36.4 Å². The normalized spacial score (nSPS) is 13.1. The van der Waals surface area contributed by atoms with E-state index in [1.54, 1.807) is 55.0 Å². The number of amides is 2. The molecule has 1 fully saturated rings. The molecule has 0 bridgehead atoms. The molecule has 0 radical (unpaired) electrons. The van der Waals surface area contributed by atoms with Gasteiger partial charge in [0.15, 0.2) is 5.78 Å². The summed E-state index contributed by atoms with van der Waals surface area (Å²) in [5.41, 5.74) is 2.84. The number of nitrogens with zero attached hydrogens (tertiary/aromatic N) is 3. The molecule has 0 saturated carbocycles. The first kappa shape index (κ1) is 22.1. The number of aromatic amines is 1. The standard InChI is InChI=1S/C25H21FN6O3/c26-22-11-20(35-21-6-8-27-24(12-21)16-13-28-29-14-16)4-5-23(22)31-25(34)30-17-2-1-3-18(10-17)32-9-7-19(33)15-32/h1-6,8,10-14H,7,9,15H2,(H,28,29)(H2,30,31,34). The Hall–Kier alpha value is -4.73. The monoisotopic (exact) mass is 472 g/mol. The van der Waals surface area contributed by atoms with E-state index in [0.717, 1.165) is 11.3 Å². The number of Topliss-reactive ketones (excluding diaryl/α,β-unsaturated/α-hetero) is 1. The van der Waals surface area contributed by atoms with E-state index in [1.807, 2.05) is 11.0 Å². The topological polar surface area (TPSA) is 112 Å². The van der Waals surface area contributed by atoms with Crippen LogP contribution < -0.4 is 20.3 Å². The SMILES string of the molecule is O=C1CCN(c2cccc(NC(=O)Nc3ccc(Oc4ccnc(-c5cn[nH]c5)c4)cc3F)c2)C1. The molecule has 35 heavy (non-hydrogen) atoms. The number of ether oxygens (including phenoxy) is 1. The van der Waals surface area contributed by atoms with Gasteiger partial charge in [0, 0.05) is 54.4 Å². The minimum atomic E-state index is -0.647. The van der Waals surface area contributed by atoms with E-state index in [-0.39, 0.29) is 17.2 Å². The van der Waals surface area contributed by atoms with Crippen LogP contribution in [0.25, 0.3) is 11.3 Å². The predicted octanol–water partition coefficient (Wildman–Crippen LogP) is 4.83. The van der Waals surface area contributed by atoms with E-state index in [9.17, 15) is 14.0 Å². The second-order valence-corrected chi connectivity index (χ2v) is 7.95. The minimum absolute atomic E-state index is 0.00459. The van der Waals surface area contributed by atoms with E-state index in [1.165, 1.54) is 12.1 Å². The molecule has 1 saturated heterocycles. The van der Waals surface area contributed by atoms with E-state index in [0.29, 0.717) is 36.6 Å². The van der Waals surface area contributed by atoms with Crippen LogP contribution in [0, 0.1) is 5.82 Å². The van der Waals surface area contributed by atoms with Gasteiger partial charge in [0.25, 0.3) is 0 Å². The molecule has 4 aromatic rings. The van der Waals surface area contributed by atoms with Crippen LogP contribution in [0.2, 0.25) is 0 Å². The minimum Gasteiger partial charge on any atom is -0.457 e. The molecular weight excluding hydrogens is 451 g/mol. The van der Waals surface area contributed by atoms with Crippen molar-refractivity contribution in [3.05, 3.63) is 79.0 Å². The summed E-state index contributed by atoms with van der Waals surface area (Å²) in [6, 6.07) is 14.1. The summed E-state index contributed by atoms with van der Waals surface area (Å²) >= 11 is 0. The molecule has 0 aliphatic carbocycles. The number of rotatable bonds is 6. The molecular formula is C25H21FN6O3. The van der Waals surface area contributed by atoms with Crippen molar-refractivity contribution in [1.82, 2.24) is 15.2 Å². The summed E-state index contributed by atoms with van der Waals surface area (Å²) in [7, 11) is 0. The van der Waals surface area contributed by atoms with Gasteiger partial charge in [-0.3, -0.25) is 14.9 Å². The van der Waals surface area contributed by atoms with Crippen LogP contribution >= 0.6 is 0 Å². The smallest absolute Gasteiger partial charge is 0.323 e. The average molecular weight is 472 g/mol. The highest BCUT2D eigenvalue weighted by atomic mass is 19.1. The molecule has 0 unspecified atom stereocenters. The third-order valence-electron chi connectivity index (χ3n) is 5.45. The van der Waals surface area contributed by atoms with Gasteiger partial charge in [-0.15, -0.1) is 0 Å². The van der Waals surface area contributed by atoms with Crippen molar-refractivity contribution >= 4 is 28.9 Å². The van der Waals surface area contributed by atoms with Crippen molar-refractivity contribution in [3.8, 4) is 22.8 Å². The number of halogens is 1. The number of nitrogens with one attached hydrogen (secondary N) is 3. The summed E-state index contributed by atoms with van der Waals surface area (Å²) in [6.07, 6.45) is 5.45. The van der Waals surface area contributed by atoms with Crippen molar-refractivity contribution < 1.29 is 18.7 Å². The molecule has 176 valence electrons. The third kappa shape index (κ3) is 5.27. The molecule has 10 heteroatoms. The Balaban J connectivity index is 1.22. The lowest BCUT2D eigenvalue weighted by Gasteiger charge is -2.17. The zero-order chi connectivity index (χ0) is 24.2. The number of ketones is 1. The Morgan fingerprint density at radius 2 is 1.97 bits per heavy atom. The first-order valence-corrected chi connectivity index (χ1v) is 10.9. The zero-order valence-corrected chi connectivity index (χ0v) is 18.5. The Bertz CT molecular complexity index is 1380. The van der Waals surface area contributed by atoms with Crippen LogP contribution in [0.5, 0.6) is 11.5 Å². The lowest BCUT2D eigenvalue weighted by Crippen LogP contribution is -2.22. The molecule has 9 nitrogen and oxygen atoms in total. The van der Waals surface area contributed by atoms with E-state index in [4.69, 9.17) is 4.74 Å². The zero-order valence-electron chi connectivity index (χ0n) is 18.5. The van der Waals surface area contributed by atoms with Crippen molar-refractivity contribution in [1.29, 1.82) is 0 Å². The Labute approximate surface area is 200 Å². The van der Waals surface area contributed by atoms with Crippen LogP contribution in [-0.2, 0) is 4.79 Å². The van der Waals surface area contributed by atoms with Gasteiger partial charge in [0.05, 0.1) is 24.1 Å². The summed E-state index contributed by atoms with van der Waals surface area (Å²) in [5.74, 6) is 0.289. The van der Waals surface area contributed by atoms with Crippen LogP contribution in [0.1, 0.15) is 6.42 Å². The fourth-order valence-electron chi connectivity index (χ4n) is 3.74. The maximum atomic E-state index is 14.7. The van der Waals surface area contributed by atoms with Crippen molar-refractivity contribution in [2.75, 3.05) is 28.6 Å². The fraction of sp³-hybridized carbons (Fsp3) is 0.120. The van der Waals surface area contributed by atoms with Gasteiger partial charge in [-0.2, -0.15) is 5.10 Å². The molecule has 3 heterocycles. The molecule has 5 rings (SSSR count). The van der Waals surface area contributed by atoms with Crippen LogP contribution in [0.15, 0.2) is 73.2 Å². The van der Waals surface area contributed by atoms with Crippen molar-refractivity contribution in [3.63, 3.8) is 0 Å². The number of hydrogen-bond donors (Lipinski definition) is 3. The molecule has 2 aromatic heterocycles. The number of urea groups is 1. The molecule has 0 spiro atoms. The van der Waals surface area contributed by atoms with Crippen LogP contribution in [0.3, 0.4) is 0 Å². The highest BCUT2D eigenvalue weighted by Crippen LogP contribution is 2.28. The van der Waals surface area contributed by atoms with Crippen molar-refractivity contribution in [2.45, 2.75) is 6.42 Å². The van der Waals surface area contributed by atoms with Gasteiger partial charge in [0.1, 0.15) is 17.3 Å². The summed E-state index contributed by atoms with van der Waals surface area (Å²) < 4.78 is 20.4. The number of anilines is 3. The quantitative estimate of drug-likeness (QED) is 0.371. The van der Waals surface area contributed by atoms with Gasteiger partial charge in [-0.25, -0.2) is 9.18 Å². The van der Waals surface area contributed by atoms with Gasteiger partial charge < -0.3 is 20.3 Å². The molecule has 0 atom stereocenters. The summed E-state index contributed by atoms with van der Waals surface area (Å²) in [4.78, 5) is 30.2. The summed E-state index contributed by atoms with van der Waals surface area (Å²) in [5, 5.41) is 11.8. The Morgan fingerprint density at radius 3 is 2.74 bits per heavy atom. The molecule has 2 amide bonds. The number of H-pyrrole nitrogens is 1. The van der Waals surface area contributed by atoms with E-state index >= 15 is 0 Å². The highest BCUT2D eigenvalue weighted by molar-refractivity contribution is 6.00. The predicted molar refractivity (Wildman–Crippen MR) is 129 cm³/mol. The number of aromatic nitrogens is 3. The number of benzene rings is 2. The first-order chi connectivity index (χ1) is 17.0. The van der Waals surface area contributed by atoms with Crippen LogP contribution in [-0.4, -0.2) is 40.1 Å². The second-order valence-electron chi connectivity index (χ2n) is 7.95. The van der Waals surface area contributed by atoms with Crippen LogP contribution in [0.4, 0.5) is 26.2 Å². The lowest BCUT2D eigenvalue weighted by molar-refractivity contribution is -0.116. The molecule has 1 aliphatic heterocycles. The number of carbonyl (C=O) groups excluding carboxylic acids is 2. The maximum Gasteiger partial charge on any atom is 0.323 e. The number of pyridine rings is 1.